The molecule has 224 valence electrons. The van der Waals surface area contributed by atoms with Crippen molar-refractivity contribution in [3.05, 3.63) is 17.0 Å². The Morgan fingerprint density at radius 2 is 1.62 bits per heavy atom. The summed E-state index contributed by atoms with van der Waals surface area (Å²) in [6.07, 6.45) is 15.1. The molecule has 11 heteroatoms. The van der Waals surface area contributed by atoms with Gasteiger partial charge >= 0.3 is 11.9 Å². The fourth-order valence-corrected chi connectivity index (χ4v) is 7.14. The number of hydroxylamine groups is 2. The van der Waals surface area contributed by atoms with Crippen LogP contribution in [0.1, 0.15) is 122 Å². The number of unbranched alkanes of at least 4 members (excludes halogenated alkanes) is 9. The maximum Gasteiger partial charge on any atom is 0.384 e. The van der Waals surface area contributed by atoms with Crippen LogP contribution < -0.4 is 4.72 Å². The first-order valence-electron chi connectivity index (χ1n) is 14.7. The predicted molar refractivity (Wildman–Crippen MR) is 152 cm³/mol. The van der Waals surface area contributed by atoms with Crippen molar-refractivity contribution >= 4 is 33.3 Å². The van der Waals surface area contributed by atoms with E-state index in [1.54, 1.807) is 24.1 Å². The number of carbonyl (C=O) groups is 2. The van der Waals surface area contributed by atoms with Crippen LogP contribution in [0, 0.1) is 0 Å². The molecular formula is C28H48N2O7S2. The molecule has 1 saturated carbocycles. The fourth-order valence-electron chi connectivity index (χ4n) is 4.68. The number of ether oxygens (including phenoxy) is 1. The second kappa shape index (κ2) is 18.7. The zero-order valence-corrected chi connectivity index (χ0v) is 25.6. The van der Waals surface area contributed by atoms with Crippen LogP contribution in [0.2, 0.25) is 0 Å². The van der Waals surface area contributed by atoms with Crippen LogP contribution in [-0.2, 0) is 40.8 Å². The van der Waals surface area contributed by atoms with E-state index in [1.807, 2.05) is 0 Å². The molecule has 1 aromatic heterocycles. The minimum absolute atomic E-state index is 0.0447. The average Bonchev–Trinajstić information content (AvgIpc) is 3.61. The Balaban J connectivity index is 1.79. The van der Waals surface area contributed by atoms with Crippen molar-refractivity contribution < 1.29 is 32.6 Å². The first kappa shape index (κ1) is 33.7. The van der Waals surface area contributed by atoms with Crippen LogP contribution in [0.25, 0.3) is 0 Å². The molecule has 1 N–H and O–H groups in total. The number of carbonyl (C=O) groups excluding carboxylic acids is 2. The van der Waals surface area contributed by atoms with E-state index in [0.29, 0.717) is 6.54 Å². The average molecular weight is 589 g/mol. The second-order valence-electron chi connectivity index (χ2n) is 10.3. The van der Waals surface area contributed by atoms with Crippen molar-refractivity contribution in [1.82, 2.24) is 9.79 Å². The molecule has 1 fully saturated rings. The number of nitrogens with one attached hydrogen (secondary N) is 1. The van der Waals surface area contributed by atoms with Gasteiger partial charge in [0.2, 0.25) is 16.1 Å². The molecule has 0 aliphatic heterocycles. The highest BCUT2D eigenvalue weighted by Gasteiger charge is 2.29. The summed E-state index contributed by atoms with van der Waals surface area (Å²) >= 11 is 1.18. The Bertz CT molecular complexity index is 945. The number of nitrogens with zero attached hydrogens (tertiary/aromatic N) is 1. The Hall–Kier alpha value is -1.53. The smallest absolute Gasteiger partial charge is 0.384 e. The molecule has 9 nitrogen and oxygen atoms in total. The first-order chi connectivity index (χ1) is 18.8. The minimum Gasteiger partial charge on any atom is -0.450 e. The van der Waals surface area contributed by atoms with Crippen molar-refractivity contribution in [3.8, 4) is 0 Å². The van der Waals surface area contributed by atoms with Gasteiger partial charge in [0.1, 0.15) is 4.21 Å². The van der Waals surface area contributed by atoms with Crippen molar-refractivity contribution in [2.45, 2.75) is 140 Å². The molecule has 1 heterocycles. The molecule has 0 bridgehead atoms. The molecule has 0 aromatic carbocycles. The summed E-state index contributed by atoms with van der Waals surface area (Å²) in [4.78, 5) is 34.8. The van der Waals surface area contributed by atoms with Crippen LogP contribution in [-0.4, -0.2) is 44.1 Å². The molecule has 1 aromatic rings. The van der Waals surface area contributed by atoms with E-state index in [0.717, 1.165) is 49.8 Å². The van der Waals surface area contributed by atoms with Crippen LogP contribution in [0.15, 0.2) is 16.3 Å². The van der Waals surface area contributed by atoms with Gasteiger partial charge in [-0.05, 0) is 37.8 Å². The van der Waals surface area contributed by atoms with Gasteiger partial charge in [0, 0.05) is 24.4 Å². The van der Waals surface area contributed by atoms with Gasteiger partial charge < -0.3 is 4.74 Å². The monoisotopic (exact) mass is 588 g/mol. The summed E-state index contributed by atoms with van der Waals surface area (Å²) < 4.78 is 33.6. The lowest BCUT2D eigenvalue weighted by molar-refractivity contribution is -0.414. The van der Waals surface area contributed by atoms with E-state index in [2.05, 4.69) is 11.6 Å². The molecule has 0 spiro atoms. The summed E-state index contributed by atoms with van der Waals surface area (Å²) in [5, 5.41) is 1.59. The minimum atomic E-state index is -3.58. The SMILES string of the molecule is CCCCCCCCCCCCNS(=O)(=O)c1ccc(CN(OOC(=O)C(CC)OC(C)=O)C2CCCC2)s1. The Kier molecular flexibility index (Phi) is 16.2. The molecule has 39 heavy (non-hydrogen) atoms. The molecule has 2 rings (SSSR count). The third kappa shape index (κ3) is 13.1. The molecular weight excluding hydrogens is 540 g/mol. The lowest BCUT2D eigenvalue weighted by atomic mass is 10.1. The third-order valence-corrected chi connectivity index (χ3v) is 9.95. The molecule has 0 amide bonds. The molecule has 0 radical (unpaired) electrons. The van der Waals surface area contributed by atoms with Gasteiger partial charge in [-0.3, -0.25) is 9.68 Å². The summed E-state index contributed by atoms with van der Waals surface area (Å²) in [5.74, 6) is -1.35. The zero-order chi connectivity index (χ0) is 28.5. The fraction of sp³-hybridized carbons (Fsp3) is 0.786. The van der Waals surface area contributed by atoms with E-state index >= 15 is 0 Å². The van der Waals surface area contributed by atoms with Crippen LogP contribution in [0.4, 0.5) is 0 Å². The Labute approximate surface area is 238 Å². The first-order valence-corrected chi connectivity index (χ1v) is 17.0. The molecule has 0 saturated heterocycles. The second-order valence-corrected chi connectivity index (χ2v) is 13.5. The number of thiophene rings is 1. The molecule has 1 unspecified atom stereocenters. The van der Waals surface area contributed by atoms with Crippen LogP contribution in [0.5, 0.6) is 0 Å². The molecule has 1 aliphatic rings. The highest BCUT2D eigenvalue weighted by molar-refractivity contribution is 7.91. The summed E-state index contributed by atoms with van der Waals surface area (Å²) in [5.41, 5.74) is 0. The normalized spacial score (nSPS) is 15.1. The topological polar surface area (TPSA) is 111 Å². The Morgan fingerprint density at radius 1 is 1.00 bits per heavy atom. The number of sulfonamides is 1. The van der Waals surface area contributed by atoms with E-state index in [1.165, 1.54) is 63.2 Å². The van der Waals surface area contributed by atoms with Crippen molar-refractivity contribution in [2.24, 2.45) is 0 Å². The van der Waals surface area contributed by atoms with Crippen LogP contribution in [0.3, 0.4) is 0 Å². The van der Waals surface area contributed by atoms with E-state index < -0.39 is 28.1 Å². The lowest BCUT2D eigenvalue weighted by Crippen LogP contribution is -2.36. The predicted octanol–water partition coefficient (Wildman–Crippen LogP) is 6.42. The number of rotatable bonds is 21. The maximum absolute atomic E-state index is 12.8. The number of hydrogen-bond donors (Lipinski definition) is 1. The van der Waals surface area contributed by atoms with E-state index in [-0.39, 0.29) is 23.2 Å². The molecule has 1 aliphatic carbocycles. The van der Waals surface area contributed by atoms with Gasteiger partial charge in [-0.2, -0.15) is 0 Å². The summed E-state index contributed by atoms with van der Waals surface area (Å²) in [6.45, 7) is 5.88. The van der Waals surface area contributed by atoms with Gasteiger partial charge in [-0.15, -0.1) is 16.4 Å². The largest absolute Gasteiger partial charge is 0.450 e. The standard InChI is InChI=1S/C28H48N2O7S2/c1-4-6-7-8-9-10-11-12-13-16-21-29-39(33,34)27-20-19-25(38-27)22-30(24-17-14-15-18-24)37-36-28(32)26(5-2)35-23(3)31/h19-20,24,26,29H,4-18,21-22H2,1-3H3. The number of hydrogen-bond acceptors (Lipinski definition) is 9. The van der Waals surface area contributed by atoms with Crippen molar-refractivity contribution in [2.75, 3.05) is 6.54 Å². The quantitative estimate of drug-likeness (QED) is 0.0758. The highest BCUT2D eigenvalue weighted by Crippen LogP contribution is 2.29. The zero-order valence-electron chi connectivity index (χ0n) is 24.0. The van der Waals surface area contributed by atoms with Gasteiger partial charge in [-0.1, -0.05) is 89.5 Å². The third-order valence-electron chi connectivity index (χ3n) is 6.92. The van der Waals surface area contributed by atoms with Crippen molar-refractivity contribution in [1.29, 1.82) is 0 Å². The molecule has 1 atom stereocenters. The number of esters is 1. The lowest BCUT2D eigenvalue weighted by Gasteiger charge is -2.25. The van der Waals surface area contributed by atoms with E-state index in [4.69, 9.17) is 14.6 Å². The van der Waals surface area contributed by atoms with Gasteiger partial charge in [0.05, 0.1) is 6.54 Å². The summed E-state index contributed by atoms with van der Waals surface area (Å²) in [6, 6.07) is 3.41. The maximum atomic E-state index is 12.8. The summed E-state index contributed by atoms with van der Waals surface area (Å²) in [7, 11) is -3.58. The Morgan fingerprint density at radius 3 is 2.21 bits per heavy atom. The van der Waals surface area contributed by atoms with Gasteiger partial charge in [0.25, 0.3) is 0 Å². The van der Waals surface area contributed by atoms with E-state index in [9.17, 15) is 18.0 Å². The van der Waals surface area contributed by atoms with Gasteiger partial charge in [0.15, 0.2) is 0 Å². The van der Waals surface area contributed by atoms with Crippen molar-refractivity contribution in [3.63, 3.8) is 0 Å². The van der Waals surface area contributed by atoms with Gasteiger partial charge in [-0.25, -0.2) is 17.9 Å². The van der Waals surface area contributed by atoms with Crippen LogP contribution >= 0.6 is 11.3 Å². The highest BCUT2D eigenvalue weighted by atomic mass is 32.2.